The molecular weight excluding hydrogens is 140 g/mol. The van der Waals surface area contributed by atoms with Gasteiger partial charge >= 0.3 is 0 Å². The Balaban J connectivity index is 4.06. The van der Waals surface area contributed by atoms with Crippen LogP contribution in [0.5, 0.6) is 0 Å². The highest BCUT2D eigenvalue weighted by molar-refractivity contribution is 5.67. The SMILES string of the molecule is CCC(O)(C=NN(C)C)CC. The molecule has 0 radical (unpaired) electrons. The molecule has 0 bridgehead atoms. The normalized spacial score (nSPS) is 12.5. The molecule has 3 heteroatoms. The molecule has 0 aromatic heterocycles. The summed E-state index contributed by atoms with van der Waals surface area (Å²) in [5.41, 5.74) is -0.718. The van der Waals surface area contributed by atoms with E-state index < -0.39 is 5.60 Å². The molecule has 1 N–H and O–H groups in total. The molecule has 0 aromatic carbocycles. The van der Waals surface area contributed by atoms with Crippen molar-refractivity contribution in [3.8, 4) is 0 Å². The number of rotatable bonds is 4. The number of hydrogen-bond donors (Lipinski definition) is 1. The Labute approximate surface area is 68.7 Å². The molecule has 0 aliphatic rings. The van der Waals surface area contributed by atoms with Crippen LogP contribution in [-0.2, 0) is 0 Å². The molecule has 0 unspecified atom stereocenters. The Bertz CT molecular complexity index is 128. The fraction of sp³-hybridized carbons (Fsp3) is 0.875. The van der Waals surface area contributed by atoms with Gasteiger partial charge in [-0.15, -0.1) is 0 Å². The van der Waals surface area contributed by atoms with Crippen molar-refractivity contribution < 1.29 is 5.11 Å². The molecule has 0 aromatic rings. The highest BCUT2D eigenvalue weighted by Crippen LogP contribution is 2.11. The molecule has 0 amide bonds. The number of hydrogen-bond acceptors (Lipinski definition) is 3. The van der Waals surface area contributed by atoms with E-state index in [1.807, 2.05) is 27.9 Å². The van der Waals surface area contributed by atoms with Crippen molar-refractivity contribution in [2.24, 2.45) is 5.10 Å². The zero-order chi connectivity index (χ0) is 8.91. The van der Waals surface area contributed by atoms with Crippen molar-refractivity contribution in [3.63, 3.8) is 0 Å². The third-order valence-electron chi connectivity index (χ3n) is 1.75. The first-order chi connectivity index (χ1) is 5.04. The highest BCUT2D eigenvalue weighted by Gasteiger charge is 2.18. The lowest BCUT2D eigenvalue weighted by atomic mass is 10.00. The van der Waals surface area contributed by atoms with Crippen molar-refractivity contribution in [1.29, 1.82) is 0 Å². The van der Waals surface area contributed by atoms with E-state index in [9.17, 15) is 5.11 Å². The number of hydrazone groups is 1. The fourth-order valence-corrected chi connectivity index (χ4v) is 0.656. The van der Waals surface area contributed by atoms with Gasteiger partial charge < -0.3 is 10.1 Å². The summed E-state index contributed by atoms with van der Waals surface area (Å²) in [5.74, 6) is 0. The van der Waals surface area contributed by atoms with Crippen LogP contribution in [0, 0.1) is 0 Å². The van der Waals surface area contributed by atoms with Crippen LogP contribution < -0.4 is 0 Å². The lowest BCUT2D eigenvalue weighted by Crippen LogP contribution is -2.29. The third kappa shape index (κ3) is 3.98. The van der Waals surface area contributed by atoms with Crippen molar-refractivity contribution in [2.75, 3.05) is 14.1 Å². The number of aliphatic hydroxyl groups is 1. The zero-order valence-corrected chi connectivity index (χ0v) is 7.83. The van der Waals surface area contributed by atoms with E-state index in [0.29, 0.717) is 12.8 Å². The van der Waals surface area contributed by atoms with Gasteiger partial charge in [0.25, 0.3) is 0 Å². The lowest BCUT2D eigenvalue weighted by Gasteiger charge is -2.19. The molecule has 66 valence electrons. The predicted molar refractivity (Wildman–Crippen MR) is 47.7 cm³/mol. The van der Waals surface area contributed by atoms with Crippen molar-refractivity contribution in [1.82, 2.24) is 5.01 Å². The van der Waals surface area contributed by atoms with Crippen LogP contribution in [0.25, 0.3) is 0 Å². The van der Waals surface area contributed by atoms with Crippen LogP contribution in [0.1, 0.15) is 26.7 Å². The van der Waals surface area contributed by atoms with Crippen LogP contribution in [0.4, 0.5) is 0 Å². The van der Waals surface area contributed by atoms with E-state index >= 15 is 0 Å². The van der Waals surface area contributed by atoms with Gasteiger partial charge in [0.15, 0.2) is 0 Å². The van der Waals surface area contributed by atoms with E-state index in [-0.39, 0.29) is 0 Å². The summed E-state index contributed by atoms with van der Waals surface area (Å²) in [6, 6.07) is 0. The van der Waals surface area contributed by atoms with Gasteiger partial charge in [-0.3, -0.25) is 0 Å². The van der Waals surface area contributed by atoms with Gasteiger partial charge in [-0.25, -0.2) is 0 Å². The Morgan fingerprint density at radius 3 is 2.09 bits per heavy atom. The van der Waals surface area contributed by atoms with Crippen LogP contribution >= 0.6 is 0 Å². The van der Waals surface area contributed by atoms with Crippen molar-refractivity contribution in [3.05, 3.63) is 0 Å². The van der Waals surface area contributed by atoms with E-state index in [1.54, 1.807) is 11.2 Å². The Hall–Kier alpha value is -0.570. The molecule has 0 aliphatic heterocycles. The molecule has 11 heavy (non-hydrogen) atoms. The van der Waals surface area contributed by atoms with E-state index in [4.69, 9.17) is 0 Å². The minimum atomic E-state index is -0.718. The average Bonchev–Trinajstić information content (AvgIpc) is 2.00. The van der Waals surface area contributed by atoms with Crippen LogP contribution in [0.3, 0.4) is 0 Å². The summed E-state index contributed by atoms with van der Waals surface area (Å²) in [7, 11) is 3.67. The van der Waals surface area contributed by atoms with Crippen molar-refractivity contribution in [2.45, 2.75) is 32.3 Å². The van der Waals surface area contributed by atoms with Gasteiger partial charge in [0, 0.05) is 14.1 Å². The number of nitrogens with zero attached hydrogens (tertiary/aromatic N) is 2. The smallest absolute Gasteiger partial charge is 0.101 e. The Morgan fingerprint density at radius 2 is 1.82 bits per heavy atom. The third-order valence-corrected chi connectivity index (χ3v) is 1.75. The van der Waals surface area contributed by atoms with Gasteiger partial charge in [-0.1, -0.05) is 13.8 Å². The topological polar surface area (TPSA) is 35.8 Å². The first kappa shape index (κ1) is 10.4. The first-order valence-corrected chi connectivity index (χ1v) is 3.99. The summed E-state index contributed by atoms with van der Waals surface area (Å²) in [6.07, 6.45) is 3.02. The maximum atomic E-state index is 9.70. The molecule has 3 nitrogen and oxygen atoms in total. The molecular formula is C8H18N2O. The summed E-state index contributed by atoms with van der Waals surface area (Å²) in [4.78, 5) is 0. The molecule has 0 aliphatic carbocycles. The second-order valence-corrected chi connectivity index (χ2v) is 2.90. The Kier molecular flexibility index (Phi) is 4.11. The molecule has 0 heterocycles. The average molecular weight is 158 g/mol. The summed E-state index contributed by atoms with van der Waals surface area (Å²) in [5, 5.41) is 15.4. The summed E-state index contributed by atoms with van der Waals surface area (Å²) < 4.78 is 0. The van der Waals surface area contributed by atoms with Gasteiger partial charge in [0.05, 0.1) is 6.21 Å². The molecule has 0 saturated carbocycles. The summed E-state index contributed by atoms with van der Waals surface area (Å²) >= 11 is 0. The van der Waals surface area contributed by atoms with E-state index in [0.717, 1.165) is 0 Å². The summed E-state index contributed by atoms with van der Waals surface area (Å²) in [6.45, 7) is 3.90. The molecule has 0 rings (SSSR count). The van der Waals surface area contributed by atoms with E-state index in [2.05, 4.69) is 5.10 Å². The predicted octanol–water partition coefficient (Wildman–Crippen LogP) is 1.08. The van der Waals surface area contributed by atoms with Crippen LogP contribution in [0.15, 0.2) is 5.10 Å². The van der Waals surface area contributed by atoms with E-state index in [1.165, 1.54) is 0 Å². The first-order valence-electron chi connectivity index (χ1n) is 3.99. The van der Waals surface area contributed by atoms with Gasteiger partial charge in [0.2, 0.25) is 0 Å². The quantitative estimate of drug-likeness (QED) is 0.491. The Morgan fingerprint density at radius 1 is 1.36 bits per heavy atom. The molecule has 0 fully saturated rings. The monoisotopic (exact) mass is 158 g/mol. The van der Waals surface area contributed by atoms with Crippen molar-refractivity contribution >= 4 is 6.21 Å². The minimum absolute atomic E-state index is 0.709. The molecule has 0 atom stereocenters. The molecule has 0 spiro atoms. The highest BCUT2D eigenvalue weighted by atomic mass is 16.3. The maximum absolute atomic E-state index is 9.70. The van der Waals surface area contributed by atoms with Gasteiger partial charge in [-0.05, 0) is 12.8 Å². The minimum Gasteiger partial charge on any atom is -0.384 e. The van der Waals surface area contributed by atoms with Crippen LogP contribution in [0.2, 0.25) is 0 Å². The second-order valence-electron chi connectivity index (χ2n) is 2.90. The second kappa shape index (κ2) is 4.34. The zero-order valence-electron chi connectivity index (χ0n) is 7.83. The van der Waals surface area contributed by atoms with Gasteiger partial charge in [-0.2, -0.15) is 5.10 Å². The maximum Gasteiger partial charge on any atom is 0.101 e. The molecule has 0 saturated heterocycles. The largest absolute Gasteiger partial charge is 0.384 e. The standard InChI is InChI=1S/C8H18N2O/c1-5-8(11,6-2)7-9-10(3)4/h7,11H,5-6H2,1-4H3. The lowest BCUT2D eigenvalue weighted by molar-refractivity contribution is 0.107. The van der Waals surface area contributed by atoms with Gasteiger partial charge in [0.1, 0.15) is 5.60 Å². The fourth-order valence-electron chi connectivity index (χ4n) is 0.656. The van der Waals surface area contributed by atoms with Crippen LogP contribution in [-0.4, -0.2) is 36.0 Å².